The predicted molar refractivity (Wildman–Crippen MR) is 79.6 cm³/mol. The third kappa shape index (κ3) is 2.95. The van der Waals surface area contributed by atoms with Crippen LogP contribution in [0.1, 0.15) is 0 Å². The molecule has 0 atom stereocenters. The number of rotatable bonds is 3. The number of nitrogens with one attached hydrogen (secondary N) is 3. The van der Waals surface area contributed by atoms with Gasteiger partial charge in [-0.2, -0.15) is 0 Å². The standard InChI is InChI=1S/C14H12FN5O2/c1-22-14(21)20-13-18-11-6-10(7-16-12(11)19-13)17-9-4-2-8(15)3-5-9/h2-7,17H,1H3,(H2,16,18,19,20,21). The van der Waals surface area contributed by atoms with Gasteiger partial charge in [-0.1, -0.05) is 0 Å². The number of halogens is 1. The Hall–Kier alpha value is -3.16. The molecule has 3 rings (SSSR count). The number of pyridine rings is 1. The summed E-state index contributed by atoms with van der Waals surface area (Å²) in [6.45, 7) is 0. The lowest BCUT2D eigenvalue weighted by Gasteiger charge is -2.05. The summed E-state index contributed by atoms with van der Waals surface area (Å²) in [5.41, 5.74) is 2.51. The molecule has 7 nitrogen and oxygen atoms in total. The minimum Gasteiger partial charge on any atom is -0.453 e. The zero-order valence-electron chi connectivity index (χ0n) is 11.6. The number of aromatic amines is 1. The van der Waals surface area contributed by atoms with Gasteiger partial charge in [0.05, 0.1) is 19.0 Å². The molecule has 0 bridgehead atoms. The number of aromatic nitrogens is 3. The molecule has 0 aliphatic heterocycles. The summed E-state index contributed by atoms with van der Waals surface area (Å²) in [5.74, 6) is -0.0572. The van der Waals surface area contributed by atoms with E-state index in [2.05, 4.69) is 30.3 Å². The first-order valence-corrected chi connectivity index (χ1v) is 6.37. The van der Waals surface area contributed by atoms with Crippen molar-refractivity contribution in [1.29, 1.82) is 0 Å². The van der Waals surface area contributed by atoms with Crippen LogP contribution >= 0.6 is 0 Å². The van der Waals surface area contributed by atoms with Gasteiger partial charge in [0.1, 0.15) is 11.3 Å². The second kappa shape index (κ2) is 5.68. The van der Waals surface area contributed by atoms with E-state index >= 15 is 0 Å². The van der Waals surface area contributed by atoms with Crippen molar-refractivity contribution in [3.8, 4) is 0 Å². The van der Waals surface area contributed by atoms with Crippen molar-refractivity contribution in [2.75, 3.05) is 17.7 Å². The molecule has 0 fully saturated rings. The van der Waals surface area contributed by atoms with E-state index in [0.29, 0.717) is 16.9 Å². The van der Waals surface area contributed by atoms with Gasteiger partial charge in [-0.05, 0) is 30.3 Å². The Morgan fingerprint density at radius 3 is 2.77 bits per heavy atom. The molecule has 0 spiro atoms. The number of H-pyrrole nitrogens is 1. The molecule has 1 amide bonds. The monoisotopic (exact) mass is 301 g/mol. The SMILES string of the molecule is COC(=O)Nc1nc2cc(Nc3ccc(F)cc3)cnc2[nH]1. The molecule has 3 N–H and O–H groups in total. The molecule has 2 aromatic heterocycles. The summed E-state index contributed by atoms with van der Waals surface area (Å²) in [4.78, 5) is 22.4. The fourth-order valence-electron chi connectivity index (χ4n) is 1.87. The Morgan fingerprint density at radius 1 is 1.27 bits per heavy atom. The minimum atomic E-state index is -0.622. The quantitative estimate of drug-likeness (QED) is 0.691. The average Bonchev–Trinajstić information content (AvgIpc) is 2.91. The summed E-state index contributed by atoms with van der Waals surface area (Å²) in [5, 5.41) is 5.52. The van der Waals surface area contributed by atoms with Crippen molar-refractivity contribution >= 4 is 34.6 Å². The van der Waals surface area contributed by atoms with Gasteiger partial charge in [0.2, 0.25) is 5.95 Å². The van der Waals surface area contributed by atoms with E-state index in [-0.39, 0.29) is 11.8 Å². The second-order valence-corrected chi connectivity index (χ2v) is 4.43. The Balaban J connectivity index is 1.83. The van der Waals surface area contributed by atoms with Crippen molar-refractivity contribution in [2.24, 2.45) is 0 Å². The lowest BCUT2D eigenvalue weighted by Crippen LogP contribution is -2.11. The van der Waals surface area contributed by atoms with Crippen molar-refractivity contribution in [3.63, 3.8) is 0 Å². The van der Waals surface area contributed by atoms with E-state index in [1.165, 1.54) is 19.2 Å². The number of fused-ring (bicyclic) bond motifs is 1. The van der Waals surface area contributed by atoms with Crippen molar-refractivity contribution < 1.29 is 13.9 Å². The first kappa shape index (κ1) is 13.8. The summed E-state index contributed by atoms with van der Waals surface area (Å²) in [6.07, 6.45) is 0.981. The number of amides is 1. The predicted octanol–water partition coefficient (Wildman–Crippen LogP) is 3.02. The largest absolute Gasteiger partial charge is 0.453 e. The van der Waals surface area contributed by atoms with E-state index in [4.69, 9.17) is 0 Å². The zero-order valence-corrected chi connectivity index (χ0v) is 11.6. The summed E-state index contributed by atoms with van der Waals surface area (Å²) in [7, 11) is 1.26. The Kier molecular flexibility index (Phi) is 3.57. The molecule has 0 unspecified atom stereocenters. The average molecular weight is 301 g/mol. The first-order chi connectivity index (χ1) is 10.6. The van der Waals surface area contributed by atoms with Crippen molar-refractivity contribution in [2.45, 2.75) is 0 Å². The van der Waals surface area contributed by atoms with Gasteiger partial charge in [-0.3, -0.25) is 5.32 Å². The topological polar surface area (TPSA) is 91.9 Å². The normalized spacial score (nSPS) is 10.5. The minimum absolute atomic E-state index is 0.244. The molecule has 0 saturated heterocycles. The van der Waals surface area contributed by atoms with Crippen LogP contribution in [0.15, 0.2) is 36.5 Å². The zero-order chi connectivity index (χ0) is 15.5. The second-order valence-electron chi connectivity index (χ2n) is 4.43. The van der Waals surface area contributed by atoms with Crippen LogP contribution in [0.4, 0.5) is 26.5 Å². The molecule has 1 aromatic carbocycles. The van der Waals surface area contributed by atoms with E-state index in [0.717, 1.165) is 5.69 Å². The molecule has 0 saturated carbocycles. The smallest absolute Gasteiger partial charge is 0.413 e. The van der Waals surface area contributed by atoms with E-state index in [9.17, 15) is 9.18 Å². The number of nitrogens with zero attached hydrogens (tertiary/aromatic N) is 2. The number of carbonyl (C=O) groups is 1. The lowest BCUT2D eigenvalue weighted by molar-refractivity contribution is 0.186. The molecular formula is C14H12FN5O2. The molecule has 2 heterocycles. The van der Waals surface area contributed by atoms with Gasteiger partial charge in [-0.15, -0.1) is 0 Å². The van der Waals surface area contributed by atoms with Crippen LogP contribution in [0.3, 0.4) is 0 Å². The number of imidazole rings is 1. The highest BCUT2D eigenvalue weighted by atomic mass is 19.1. The fourth-order valence-corrected chi connectivity index (χ4v) is 1.87. The maximum absolute atomic E-state index is 12.9. The van der Waals surface area contributed by atoms with Gasteiger partial charge >= 0.3 is 6.09 Å². The number of hydrogen-bond donors (Lipinski definition) is 3. The molecule has 0 aliphatic carbocycles. The van der Waals surface area contributed by atoms with Crippen LogP contribution in [-0.2, 0) is 4.74 Å². The van der Waals surface area contributed by atoms with Gasteiger partial charge in [0.15, 0.2) is 5.65 Å². The van der Waals surface area contributed by atoms with Crippen LogP contribution in [0.25, 0.3) is 11.2 Å². The molecule has 8 heteroatoms. The molecule has 3 aromatic rings. The van der Waals surface area contributed by atoms with Crippen LogP contribution < -0.4 is 10.6 Å². The molecule has 22 heavy (non-hydrogen) atoms. The molecular weight excluding hydrogens is 289 g/mol. The highest BCUT2D eigenvalue weighted by Gasteiger charge is 2.08. The number of ether oxygens (including phenoxy) is 1. The van der Waals surface area contributed by atoms with Gasteiger partial charge in [-0.25, -0.2) is 19.2 Å². The third-order valence-electron chi connectivity index (χ3n) is 2.88. The van der Waals surface area contributed by atoms with E-state index in [1.54, 1.807) is 24.4 Å². The number of hydrogen-bond acceptors (Lipinski definition) is 5. The van der Waals surface area contributed by atoms with Gasteiger partial charge in [0, 0.05) is 5.69 Å². The van der Waals surface area contributed by atoms with Gasteiger partial charge < -0.3 is 15.0 Å². The highest BCUT2D eigenvalue weighted by Crippen LogP contribution is 2.20. The van der Waals surface area contributed by atoms with E-state index < -0.39 is 6.09 Å². The summed E-state index contributed by atoms with van der Waals surface area (Å²) in [6, 6.07) is 7.72. The number of methoxy groups -OCH3 is 1. The highest BCUT2D eigenvalue weighted by molar-refractivity contribution is 5.86. The van der Waals surface area contributed by atoms with Gasteiger partial charge in [0.25, 0.3) is 0 Å². The third-order valence-corrected chi connectivity index (χ3v) is 2.88. The molecule has 112 valence electrons. The Bertz CT molecular complexity index is 816. The molecule has 0 aliphatic rings. The molecule has 0 radical (unpaired) electrons. The van der Waals surface area contributed by atoms with Crippen LogP contribution in [0, 0.1) is 5.82 Å². The Morgan fingerprint density at radius 2 is 2.05 bits per heavy atom. The summed E-state index contributed by atoms with van der Waals surface area (Å²) >= 11 is 0. The maximum atomic E-state index is 12.9. The Labute approximate surface area is 124 Å². The number of anilines is 3. The summed E-state index contributed by atoms with van der Waals surface area (Å²) < 4.78 is 17.4. The maximum Gasteiger partial charge on any atom is 0.413 e. The van der Waals surface area contributed by atoms with Crippen LogP contribution in [0.2, 0.25) is 0 Å². The van der Waals surface area contributed by atoms with Crippen molar-refractivity contribution in [1.82, 2.24) is 15.0 Å². The van der Waals surface area contributed by atoms with Crippen molar-refractivity contribution in [3.05, 3.63) is 42.3 Å². The van der Waals surface area contributed by atoms with Crippen LogP contribution in [-0.4, -0.2) is 28.2 Å². The lowest BCUT2D eigenvalue weighted by atomic mass is 10.3. The fraction of sp³-hybridized carbons (Fsp3) is 0.0714. The van der Waals surface area contributed by atoms with E-state index in [1.807, 2.05) is 0 Å². The number of benzene rings is 1. The first-order valence-electron chi connectivity index (χ1n) is 6.37. The van der Waals surface area contributed by atoms with Crippen LogP contribution in [0.5, 0.6) is 0 Å². The number of carbonyl (C=O) groups excluding carboxylic acids is 1.